The smallest absolute Gasteiger partial charge is 0.245 e. The molecule has 3 aromatic carbocycles. The maximum atomic E-state index is 14.5. The Balaban J connectivity index is 1.36. The molecule has 0 bridgehead atoms. The number of hydrogen-bond donors (Lipinski definition) is 2. The standard InChI is InChI=1S/C40H53N5O3/c1-43(2)28-32-14-10-23-45(29-32)39(48)36(26-30-12-5-4-6-13-30)44(3)38(47)35(25-31-18-19-33-15-7-8-16-34(33)24-31)27-42-37(46)17-9-20-40(41)21-11-22-40/h4-9,12-13,15-19,24,32,35-36H,10-11,14,20-23,25-29,41H2,1-3H3,(H,42,46)/t32-,35+,36+/m0/s1. The van der Waals surface area contributed by atoms with E-state index in [2.05, 4.69) is 54.6 Å². The number of likely N-dealkylation sites (N-methyl/N-ethyl adjacent to an activating group) is 1. The van der Waals surface area contributed by atoms with E-state index in [9.17, 15) is 14.4 Å². The van der Waals surface area contributed by atoms with Gasteiger partial charge in [-0.3, -0.25) is 14.4 Å². The van der Waals surface area contributed by atoms with Crippen LogP contribution in [0, 0.1) is 11.8 Å². The minimum atomic E-state index is -0.657. The Hall–Kier alpha value is -4.01. The molecule has 8 nitrogen and oxygen atoms in total. The molecule has 3 aromatic rings. The summed E-state index contributed by atoms with van der Waals surface area (Å²) in [5.74, 6) is -0.567. The van der Waals surface area contributed by atoms with E-state index in [1.54, 1.807) is 11.9 Å². The summed E-state index contributed by atoms with van der Waals surface area (Å²) in [4.78, 5) is 47.6. The molecule has 8 heteroatoms. The van der Waals surface area contributed by atoms with Crippen LogP contribution in [0.2, 0.25) is 0 Å². The third kappa shape index (κ3) is 9.54. The van der Waals surface area contributed by atoms with Gasteiger partial charge in [0.15, 0.2) is 0 Å². The fourth-order valence-corrected chi connectivity index (χ4v) is 7.23. The number of hydrogen-bond acceptors (Lipinski definition) is 5. The highest BCUT2D eigenvalue weighted by molar-refractivity contribution is 5.91. The van der Waals surface area contributed by atoms with Crippen LogP contribution in [0.4, 0.5) is 0 Å². The van der Waals surface area contributed by atoms with Crippen molar-refractivity contribution in [1.29, 1.82) is 0 Å². The van der Waals surface area contributed by atoms with Crippen LogP contribution in [0.25, 0.3) is 10.8 Å². The molecular weight excluding hydrogens is 598 g/mol. The van der Waals surface area contributed by atoms with Gasteiger partial charge in [-0.1, -0.05) is 78.9 Å². The van der Waals surface area contributed by atoms with Gasteiger partial charge in [0.2, 0.25) is 17.7 Å². The minimum Gasteiger partial charge on any atom is -0.352 e. The van der Waals surface area contributed by atoms with E-state index >= 15 is 0 Å². The van der Waals surface area contributed by atoms with Crippen LogP contribution in [0.1, 0.15) is 49.7 Å². The van der Waals surface area contributed by atoms with Crippen LogP contribution in [0.5, 0.6) is 0 Å². The number of amides is 3. The molecule has 48 heavy (non-hydrogen) atoms. The highest BCUT2D eigenvalue weighted by Gasteiger charge is 2.36. The van der Waals surface area contributed by atoms with Gasteiger partial charge in [0.05, 0.1) is 5.92 Å². The number of carbonyl (C=O) groups is 3. The third-order valence-corrected chi connectivity index (χ3v) is 10.1. The largest absolute Gasteiger partial charge is 0.352 e. The molecular formula is C40H53N5O3. The Morgan fingerprint density at radius 3 is 2.38 bits per heavy atom. The van der Waals surface area contributed by atoms with Crippen molar-refractivity contribution >= 4 is 28.5 Å². The fraction of sp³-hybridized carbons (Fsp3) is 0.475. The van der Waals surface area contributed by atoms with Crippen molar-refractivity contribution in [3.8, 4) is 0 Å². The molecule has 1 aliphatic heterocycles. The van der Waals surface area contributed by atoms with Crippen molar-refractivity contribution in [2.75, 3.05) is 47.3 Å². The SMILES string of the molecule is CN(C)C[C@@H]1CCCN(C(=O)[C@@H](Cc2ccccc2)N(C)C(=O)[C@@H](CNC(=O)C=CCC2(N)CCC2)Cc2ccc3ccccc3c2)C1. The molecule has 0 spiro atoms. The molecule has 0 radical (unpaired) electrons. The Bertz CT molecular complexity index is 1570. The Morgan fingerprint density at radius 1 is 0.938 bits per heavy atom. The number of rotatable bonds is 14. The normalized spacial score (nSPS) is 18.8. The first kappa shape index (κ1) is 35.3. The number of likely N-dealkylation sites (tertiary alicyclic amines) is 1. The van der Waals surface area contributed by atoms with Crippen LogP contribution < -0.4 is 11.1 Å². The second kappa shape index (κ2) is 16.4. The molecule has 1 heterocycles. The number of fused-ring (bicyclic) bond motifs is 1. The highest BCUT2D eigenvalue weighted by atomic mass is 16.2. The van der Waals surface area contributed by atoms with Gasteiger partial charge in [0.25, 0.3) is 0 Å². The predicted molar refractivity (Wildman–Crippen MR) is 193 cm³/mol. The van der Waals surface area contributed by atoms with Gasteiger partial charge in [0, 0.05) is 45.2 Å². The Kier molecular flexibility index (Phi) is 12.1. The van der Waals surface area contributed by atoms with E-state index in [0.717, 1.165) is 60.5 Å². The lowest BCUT2D eigenvalue weighted by atomic mass is 9.75. The summed E-state index contributed by atoms with van der Waals surface area (Å²) < 4.78 is 0. The van der Waals surface area contributed by atoms with Crippen molar-refractivity contribution in [1.82, 2.24) is 20.0 Å². The van der Waals surface area contributed by atoms with Crippen molar-refractivity contribution in [3.05, 3.63) is 96.1 Å². The molecule has 3 atom stereocenters. The zero-order chi connectivity index (χ0) is 34.1. The number of nitrogens with two attached hydrogens (primary N) is 1. The topological polar surface area (TPSA) is 99.0 Å². The van der Waals surface area contributed by atoms with Gasteiger partial charge in [0.1, 0.15) is 6.04 Å². The number of benzene rings is 3. The molecule has 0 aromatic heterocycles. The van der Waals surface area contributed by atoms with Crippen LogP contribution in [-0.2, 0) is 27.2 Å². The number of carbonyl (C=O) groups excluding carboxylic acids is 3. The number of nitrogens with one attached hydrogen (secondary N) is 1. The maximum absolute atomic E-state index is 14.5. The summed E-state index contributed by atoms with van der Waals surface area (Å²) in [6.45, 7) is 2.48. The average Bonchev–Trinajstić information content (AvgIpc) is 3.07. The lowest BCUT2D eigenvalue weighted by Crippen LogP contribution is -2.55. The molecule has 1 aliphatic carbocycles. The molecule has 1 saturated heterocycles. The minimum absolute atomic E-state index is 0.0127. The van der Waals surface area contributed by atoms with E-state index in [1.165, 1.54) is 6.08 Å². The third-order valence-electron chi connectivity index (χ3n) is 10.1. The van der Waals surface area contributed by atoms with E-state index in [0.29, 0.717) is 38.3 Å². The first-order valence-corrected chi connectivity index (χ1v) is 17.6. The lowest BCUT2D eigenvalue weighted by molar-refractivity contribution is -0.147. The molecule has 2 fully saturated rings. The Morgan fingerprint density at radius 2 is 1.67 bits per heavy atom. The van der Waals surface area contributed by atoms with Crippen LogP contribution >= 0.6 is 0 Å². The first-order chi connectivity index (χ1) is 23.1. The van der Waals surface area contributed by atoms with Gasteiger partial charge in [-0.15, -0.1) is 0 Å². The second-order valence-electron chi connectivity index (χ2n) is 14.4. The monoisotopic (exact) mass is 651 g/mol. The van der Waals surface area contributed by atoms with Crippen molar-refractivity contribution in [3.63, 3.8) is 0 Å². The second-order valence-corrected chi connectivity index (χ2v) is 14.4. The van der Waals surface area contributed by atoms with Crippen molar-refractivity contribution in [2.24, 2.45) is 17.6 Å². The summed E-state index contributed by atoms with van der Waals surface area (Å²) in [6, 6.07) is 23.7. The van der Waals surface area contributed by atoms with Crippen LogP contribution in [0.3, 0.4) is 0 Å². The van der Waals surface area contributed by atoms with Gasteiger partial charge >= 0.3 is 0 Å². The molecule has 256 valence electrons. The van der Waals surface area contributed by atoms with Crippen molar-refractivity contribution < 1.29 is 14.4 Å². The van der Waals surface area contributed by atoms with Gasteiger partial charge in [-0.2, -0.15) is 0 Å². The average molecular weight is 652 g/mol. The quantitative estimate of drug-likeness (QED) is 0.244. The van der Waals surface area contributed by atoms with Crippen molar-refractivity contribution in [2.45, 2.75) is 62.9 Å². The number of piperidine rings is 1. The molecule has 3 amide bonds. The maximum Gasteiger partial charge on any atom is 0.245 e. The molecule has 0 unspecified atom stereocenters. The van der Waals surface area contributed by atoms with Crippen LogP contribution in [-0.4, -0.2) is 91.3 Å². The zero-order valence-corrected chi connectivity index (χ0v) is 28.9. The molecule has 5 rings (SSSR count). The Labute approximate surface area is 286 Å². The van der Waals surface area contributed by atoms with E-state index in [4.69, 9.17) is 5.73 Å². The van der Waals surface area contributed by atoms with Gasteiger partial charge in [-0.05, 0) is 92.9 Å². The summed E-state index contributed by atoms with van der Waals surface area (Å²) in [5, 5.41) is 5.22. The lowest BCUT2D eigenvalue weighted by Gasteiger charge is -2.39. The fourth-order valence-electron chi connectivity index (χ4n) is 7.23. The van der Waals surface area contributed by atoms with Gasteiger partial charge in [-0.25, -0.2) is 0 Å². The summed E-state index contributed by atoms with van der Waals surface area (Å²) in [7, 11) is 5.89. The van der Waals surface area contributed by atoms with Crippen LogP contribution in [0.15, 0.2) is 84.9 Å². The summed E-state index contributed by atoms with van der Waals surface area (Å²) in [6.07, 6.45) is 10.0. The van der Waals surface area contributed by atoms with E-state index < -0.39 is 12.0 Å². The molecule has 3 N–H and O–H groups in total. The number of nitrogens with zero attached hydrogens (tertiary/aromatic N) is 3. The van der Waals surface area contributed by atoms with E-state index in [1.807, 2.05) is 53.4 Å². The summed E-state index contributed by atoms with van der Waals surface area (Å²) in [5.41, 5.74) is 8.15. The van der Waals surface area contributed by atoms with E-state index in [-0.39, 0.29) is 29.8 Å². The first-order valence-electron chi connectivity index (χ1n) is 17.6. The molecule has 1 saturated carbocycles. The molecule has 2 aliphatic rings. The summed E-state index contributed by atoms with van der Waals surface area (Å²) >= 11 is 0. The zero-order valence-electron chi connectivity index (χ0n) is 28.9. The highest BCUT2D eigenvalue weighted by Crippen LogP contribution is 2.32. The van der Waals surface area contributed by atoms with Gasteiger partial charge < -0.3 is 25.8 Å². The predicted octanol–water partition coefficient (Wildman–Crippen LogP) is 4.81.